The summed E-state index contributed by atoms with van der Waals surface area (Å²) in [6, 6.07) is 0. The maximum Gasteiger partial charge on any atom is 1.00 e. The van der Waals surface area contributed by atoms with Gasteiger partial charge in [0.1, 0.15) is 24.4 Å². The van der Waals surface area contributed by atoms with E-state index in [2.05, 4.69) is 13.6 Å². The molecule has 15 nitrogen and oxygen atoms in total. The second-order valence-electron chi connectivity index (χ2n) is 5.34. The molecule has 1 heterocycles. The molecule has 1 aliphatic heterocycles. The third kappa shape index (κ3) is 23.5. The van der Waals surface area contributed by atoms with Gasteiger partial charge in [-0.05, 0) is 12.8 Å². The Kier molecular flexibility index (Phi) is 37.3. The van der Waals surface area contributed by atoms with Crippen molar-refractivity contribution < 1.29 is 249 Å². The molecule has 0 aromatic rings. The number of rotatable bonds is 10. The van der Waals surface area contributed by atoms with Crippen LogP contribution >= 0.6 is 23.5 Å². The van der Waals surface area contributed by atoms with E-state index in [1.165, 1.54) is 0 Å². The molecule has 33 heavy (non-hydrogen) atoms. The number of aliphatic hydroxyl groups excluding tert-OH is 2. The van der Waals surface area contributed by atoms with E-state index in [4.69, 9.17) is 4.74 Å². The Balaban J connectivity index is -0.000000304. The van der Waals surface area contributed by atoms with E-state index < -0.39 is 67.2 Å². The number of aliphatic hydroxyl groups is 2. The molecule has 24 heteroatoms. The number of hydrogen-bond acceptors (Lipinski definition) is 15. The molecule has 0 spiro atoms. The standard InChI is InChI=1S/C9H21O15P3.6Na/c10-4-6-8(23-26(15,16)17)9(24-27(18,19)20)7(11)5(22-6)2-1-3-21-25(12,13)14;;;;;;/h5-11H,1-4H2,(H2,12,13,14)(H2,15,16,17)(H2,18,19,20);;;;;;/q;6*+1/p-6/t5-,6-,7+,8-,9-;;;;;;/m1....../s1. The molecule has 0 radical (unpaired) electrons. The minimum absolute atomic E-state index is 0. The van der Waals surface area contributed by atoms with Gasteiger partial charge in [0.25, 0.3) is 0 Å². The fourth-order valence-electron chi connectivity index (χ4n) is 2.39. The molecular weight excluding hydrogens is 579 g/mol. The van der Waals surface area contributed by atoms with Crippen molar-refractivity contribution in [2.45, 2.75) is 43.4 Å². The number of phosphoric acid groups is 3. The summed E-state index contributed by atoms with van der Waals surface area (Å²) in [4.78, 5) is 64.0. The average Bonchev–Trinajstić information content (AvgIpc) is 2.45. The zero-order valence-corrected chi connectivity index (χ0v) is 33.9. The maximum absolute atomic E-state index is 10.9. The SMILES string of the molecule is O=P([O-])([O-])OCCC[C@H]1O[C@H](CO)[C@@H](OP(=O)([O-])[O-])[C@H](OP(=O)([O-])[O-])[C@H]1O.[Na+].[Na+].[Na+].[Na+].[Na+].[Na+]. The molecule has 5 atom stereocenters. The van der Waals surface area contributed by atoms with Crippen LogP contribution in [0.15, 0.2) is 0 Å². The van der Waals surface area contributed by atoms with Crippen molar-refractivity contribution in [1.29, 1.82) is 0 Å². The fourth-order valence-corrected chi connectivity index (χ4v) is 3.84. The zero-order valence-electron chi connectivity index (χ0n) is 19.3. The Morgan fingerprint density at radius 3 is 1.52 bits per heavy atom. The largest absolute Gasteiger partial charge is 1.00 e. The van der Waals surface area contributed by atoms with Gasteiger partial charge in [-0.15, -0.1) is 0 Å². The zero-order chi connectivity index (χ0) is 21.0. The van der Waals surface area contributed by atoms with Crippen LogP contribution in [-0.2, 0) is 32.0 Å². The summed E-state index contributed by atoms with van der Waals surface area (Å²) in [5, 5.41) is 19.4. The summed E-state index contributed by atoms with van der Waals surface area (Å²) in [6.07, 6.45) is -10.0. The van der Waals surface area contributed by atoms with Crippen LogP contribution in [0.3, 0.4) is 0 Å². The van der Waals surface area contributed by atoms with Crippen LogP contribution in [0, 0.1) is 0 Å². The smallest absolute Gasteiger partial charge is 0.790 e. The summed E-state index contributed by atoms with van der Waals surface area (Å²) < 4.78 is 49.2. The van der Waals surface area contributed by atoms with Crippen LogP contribution in [0.5, 0.6) is 0 Å². The van der Waals surface area contributed by atoms with Crippen molar-refractivity contribution in [3.8, 4) is 0 Å². The first-order chi connectivity index (χ1) is 12.1. The fraction of sp³-hybridized carbons (Fsp3) is 1.00. The van der Waals surface area contributed by atoms with Gasteiger partial charge in [-0.25, -0.2) is 0 Å². The molecule has 0 unspecified atom stereocenters. The van der Waals surface area contributed by atoms with E-state index in [-0.39, 0.29) is 190 Å². The first-order valence-electron chi connectivity index (χ1n) is 7.15. The predicted octanol–water partition coefficient (Wildman–Crippen LogP) is -23.8. The summed E-state index contributed by atoms with van der Waals surface area (Å²) in [5.41, 5.74) is 0. The van der Waals surface area contributed by atoms with Crippen LogP contribution in [0.4, 0.5) is 0 Å². The van der Waals surface area contributed by atoms with Gasteiger partial charge in [0, 0.05) is 0 Å². The van der Waals surface area contributed by atoms with Gasteiger partial charge in [0.15, 0.2) is 0 Å². The van der Waals surface area contributed by atoms with Gasteiger partial charge in [0.05, 0.1) is 42.8 Å². The predicted molar refractivity (Wildman–Crippen MR) is 69.5 cm³/mol. The monoisotopic (exact) mass is 594 g/mol. The Hall–Kier alpha value is 6.21. The summed E-state index contributed by atoms with van der Waals surface area (Å²) >= 11 is 0. The van der Waals surface area contributed by atoms with Crippen LogP contribution in [-0.4, -0.2) is 53.9 Å². The molecule has 0 aromatic heterocycles. The van der Waals surface area contributed by atoms with Gasteiger partial charge in [-0.2, -0.15) is 0 Å². The summed E-state index contributed by atoms with van der Waals surface area (Å²) in [6.45, 7) is -1.65. The first-order valence-corrected chi connectivity index (χ1v) is 11.5. The van der Waals surface area contributed by atoms with E-state index in [0.29, 0.717) is 0 Å². The number of hydrogen-bond donors (Lipinski definition) is 2. The van der Waals surface area contributed by atoms with Crippen molar-refractivity contribution in [2.24, 2.45) is 0 Å². The van der Waals surface area contributed by atoms with Crippen molar-refractivity contribution >= 4 is 23.5 Å². The van der Waals surface area contributed by atoms with Crippen LogP contribution in [0.1, 0.15) is 12.8 Å². The Bertz CT molecular complexity index is 630. The van der Waals surface area contributed by atoms with Crippen LogP contribution < -0.4 is 207 Å². The molecule has 2 N–H and O–H groups in total. The van der Waals surface area contributed by atoms with E-state index in [1.807, 2.05) is 0 Å². The molecule has 0 aromatic carbocycles. The van der Waals surface area contributed by atoms with Gasteiger partial charge < -0.3 is 71.6 Å². The van der Waals surface area contributed by atoms with Gasteiger partial charge in [-0.1, -0.05) is 0 Å². The van der Waals surface area contributed by atoms with E-state index in [9.17, 15) is 53.3 Å². The Morgan fingerprint density at radius 1 is 0.727 bits per heavy atom. The second-order valence-corrected chi connectivity index (χ2v) is 8.71. The van der Waals surface area contributed by atoms with Crippen molar-refractivity contribution in [2.75, 3.05) is 13.2 Å². The van der Waals surface area contributed by atoms with Crippen molar-refractivity contribution in [1.82, 2.24) is 0 Å². The third-order valence-corrected chi connectivity index (χ3v) is 4.82. The molecular formula is C9H15Na6O15P3. The maximum atomic E-state index is 10.9. The van der Waals surface area contributed by atoms with Crippen molar-refractivity contribution in [3.05, 3.63) is 0 Å². The molecule has 0 saturated carbocycles. The Labute approximate surface area is 323 Å². The molecule has 162 valence electrons. The van der Waals surface area contributed by atoms with Crippen LogP contribution in [0.2, 0.25) is 0 Å². The van der Waals surface area contributed by atoms with Gasteiger partial charge >= 0.3 is 177 Å². The number of ether oxygens (including phenoxy) is 1. The van der Waals surface area contributed by atoms with Gasteiger partial charge in [0.2, 0.25) is 0 Å². The topological polar surface area (TPSA) is 267 Å². The Morgan fingerprint density at radius 2 is 1.15 bits per heavy atom. The average molecular weight is 594 g/mol. The molecule has 0 amide bonds. The minimum atomic E-state index is -5.81. The van der Waals surface area contributed by atoms with Crippen LogP contribution in [0.25, 0.3) is 0 Å². The normalized spacial score (nSPS) is 24.9. The summed E-state index contributed by atoms with van der Waals surface area (Å²) in [5.74, 6) is 0. The first kappa shape index (κ1) is 51.9. The van der Waals surface area contributed by atoms with E-state index >= 15 is 0 Å². The molecule has 1 saturated heterocycles. The molecule has 1 aliphatic rings. The molecule has 1 rings (SSSR count). The quantitative estimate of drug-likeness (QED) is 0.135. The van der Waals surface area contributed by atoms with E-state index in [1.54, 1.807) is 0 Å². The molecule has 1 fully saturated rings. The molecule has 0 aliphatic carbocycles. The second kappa shape index (κ2) is 23.7. The number of phosphoric ester groups is 3. The summed E-state index contributed by atoms with van der Waals surface area (Å²) in [7, 11) is -16.8. The van der Waals surface area contributed by atoms with E-state index in [0.717, 1.165) is 0 Å². The molecule has 0 bridgehead atoms. The van der Waals surface area contributed by atoms with Crippen molar-refractivity contribution in [3.63, 3.8) is 0 Å². The minimum Gasteiger partial charge on any atom is -0.790 e. The van der Waals surface area contributed by atoms with Gasteiger partial charge in [-0.3, -0.25) is 0 Å². The third-order valence-electron chi connectivity index (χ3n) is 3.32.